The van der Waals surface area contributed by atoms with Crippen LogP contribution in [0, 0.1) is 11.8 Å². The maximum atomic E-state index is 11.8. The van der Waals surface area contributed by atoms with Crippen LogP contribution in [0.4, 0.5) is 0 Å². The fourth-order valence-corrected chi connectivity index (χ4v) is 4.53. The fraction of sp³-hybridized carbons (Fsp3) is 0.963. The summed E-state index contributed by atoms with van der Waals surface area (Å²) in [5, 5.41) is 0. The Kier molecular flexibility index (Phi) is 18.4. The Morgan fingerprint density at radius 1 is 0.742 bits per heavy atom. The molecule has 4 heteroatoms. The van der Waals surface area contributed by atoms with Gasteiger partial charge in [0.1, 0.15) is 6.61 Å². The number of unbranched alkanes of at least 4 members (excludes halogenated alkanes) is 9. The molecule has 0 aromatic carbocycles. The SMILES string of the molecule is CCCCCCCCC1CC1CCCCCCCC(=O)OCCOCCN(CC)CC. The lowest BCUT2D eigenvalue weighted by Crippen LogP contribution is -2.27. The fourth-order valence-electron chi connectivity index (χ4n) is 4.53. The summed E-state index contributed by atoms with van der Waals surface area (Å²) in [5.74, 6) is 2.03. The summed E-state index contributed by atoms with van der Waals surface area (Å²) in [4.78, 5) is 14.1. The molecule has 1 rings (SSSR count). The van der Waals surface area contributed by atoms with E-state index < -0.39 is 0 Å². The Balaban J connectivity index is 1.78. The Hall–Kier alpha value is -0.610. The summed E-state index contributed by atoms with van der Waals surface area (Å²) in [6.45, 7) is 11.3. The molecule has 0 N–H and O–H groups in total. The zero-order valence-corrected chi connectivity index (χ0v) is 21.2. The molecular weight excluding hydrogens is 386 g/mol. The van der Waals surface area contributed by atoms with E-state index in [1.165, 1.54) is 77.0 Å². The van der Waals surface area contributed by atoms with E-state index in [0.717, 1.165) is 44.3 Å². The average Bonchev–Trinajstić information content (AvgIpc) is 3.53. The monoisotopic (exact) mass is 439 g/mol. The van der Waals surface area contributed by atoms with Crippen molar-refractivity contribution in [3.05, 3.63) is 0 Å². The van der Waals surface area contributed by atoms with Crippen molar-refractivity contribution in [2.24, 2.45) is 11.8 Å². The molecular formula is C27H53NO3. The summed E-state index contributed by atoms with van der Waals surface area (Å²) in [6, 6.07) is 0. The van der Waals surface area contributed by atoms with Crippen LogP contribution in [0.3, 0.4) is 0 Å². The van der Waals surface area contributed by atoms with Gasteiger partial charge in [-0.05, 0) is 37.8 Å². The van der Waals surface area contributed by atoms with Crippen molar-refractivity contribution in [3.63, 3.8) is 0 Å². The van der Waals surface area contributed by atoms with Gasteiger partial charge in [0.25, 0.3) is 0 Å². The van der Waals surface area contributed by atoms with Gasteiger partial charge in [-0.2, -0.15) is 0 Å². The maximum Gasteiger partial charge on any atom is 0.305 e. The molecule has 4 nitrogen and oxygen atoms in total. The van der Waals surface area contributed by atoms with Crippen LogP contribution in [0.5, 0.6) is 0 Å². The standard InChI is InChI=1S/C27H53NO3/c1-4-7-8-9-11-14-17-25-24-26(25)18-15-12-10-13-16-19-27(29)31-23-22-30-21-20-28(5-2)6-3/h25-26H,4-24H2,1-3H3. The van der Waals surface area contributed by atoms with E-state index in [1.807, 2.05) is 0 Å². The lowest BCUT2D eigenvalue weighted by atomic mass is 10.0. The van der Waals surface area contributed by atoms with Crippen molar-refractivity contribution in [1.82, 2.24) is 4.90 Å². The topological polar surface area (TPSA) is 38.8 Å². The Morgan fingerprint density at radius 3 is 1.94 bits per heavy atom. The highest BCUT2D eigenvalue weighted by Crippen LogP contribution is 2.45. The first-order chi connectivity index (χ1) is 15.2. The summed E-state index contributed by atoms with van der Waals surface area (Å²) >= 11 is 0. The Morgan fingerprint density at radius 2 is 1.32 bits per heavy atom. The van der Waals surface area contributed by atoms with Crippen LogP contribution < -0.4 is 0 Å². The van der Waals surface area contributed by atoms with Crippen LogP contribution in [0.1, 0.15) is 117 Å². The largest absolute Gasteiger partial charge is 0.463 e. The summed E-state index contributed by atoms with van der Waals surface area (Å²) in [7, 11) is 0. The third-order valence-corrected chi connectivity index (χ3v) is 6.89. The van der Waals surface area contributed by atoms with E-state index in [1.54, 1.807) is 0 Å². The predicted octanol–water partition coefficient (Wildman–Crippen LogP) is 7.01. The van der Waals surface area contributed by atoms with E-state index in [4.69, 9.17) is 9.47 Å². The Labute approximate surface area is 193 Å². The number of hydrogen-bond donors (Lipinski definition) is 0. The third-order valence-electron chi connectivity index (χ3n) is 6.89. The zero-order valence-electron chi connectivity index (χ0n) is 21.2. The molecule has 184 valence electrons. The normalized spacial score (nSPS) is 17.9. The first-order valence-electron chi connectivity index (χ1n) is 13.7. The number of nitrogens with zero attached hydrogens (tertiary/aromatic N) is 1. The summed E-state index contributed by atoms with van der Waals surface area (Å²) < 4.78 is 10.8. The highest BCUT2D eigenvalue weighted by atomic mass is 16.6. The second-order valence-electron chi connectivity index (χ2n) is 9.48. The Bertz CT molecular complexity index is 411. The molecule has 1 saturated carbocycles. The van der Waals surface area contributed by atoms with Crippen molar-refractivity contribution in [2.45, 2.75) is 117 Å². The van der Waals surface area contributed by atoms with Gasteiger partial charge < -0.3 is 14.4 Å². The lowest BCUT2D eigenvalue weighted by Gasteiger charge is -2.17. The van der Waals surface area contributed by atoms with Gasteiger partial charge in [0.15, 0.2) is 0 Å². The summed E-state index contributed by atoms with van der Waals surface area (Å²) in [5.41, 5.74) is 0. The number of rotatable bonds is 23. The van der Waals surface area contributed by atoms with E-state index >= 15 is 0 Å². The predicted molar refractivity (Wildman–Crippen MR) is 131 cm³/mol. The second kappa shape index (κ2) is 20.0. The quantitative estimate of drug-likeness (QED) is 0.127. The van der Waals surface area contributed by atoms with Crippen molar-refractivity contribution in [3.8, 4) is 0 Å². The molecule has 0 aromatic heterocycles. The van der Waals surface area contributed by atoms with Crippen LogP contribution in [0.2, 0.25) is 0 Å². The van der Waals surface area contributed by atoms with E-state index in [0.29, 0.717) is 26.2 Å². The van der Waals surface area contributed by atoms with Gasteiger partial charge in [-0.15, -0.1) is 0 Å². The minimum absolute atomic E-state index is 0.0668. The van der Waals surface area contributed by atoms with E-state index in [2.05, 4.69) is 25.7 Å². The maximum absolute atomic E-state index is 11.8. The highest BCUT2D eigenvalue weighted by Gasteiger charge is 2.34. The minimum Gasteiger partial charge on any atom is -0.463 e. The van der Waals surface area contributed by atoms with Crippen LogP contribution in [0.15, 0.2) is 0 Å². The molecule has 2 atom stereocenters. The molecule has 0 aliphatic heterocycles. The molecule has 1 fully saturated rings. The third kappa shape index (κ3) is 16.7. The number of esters is 1. The zero-order chi connectivity index (χ0) is 22.6. The van der Waals surface area contributed by atoms with E-state index in [-0.39, 0.29) is 5.97 Å². The second-order valence-corrected chi connectivity index (χ2v) is 9.48. The molecule has 0 amide bonds. The number of ether oxygens (including phenoxy) is 2. The lowest BCUT2D eigenvalue weighted by molar-refractivity contribution is -0.145. The summed E-state index contributed by atoms with van der Waals surface area (Å²) in [6.07, 6.45) is 19.6. The molecule has 1 aliphatic carbocycles. The molecule has 0 aromatic rings. The molecule has 0 saturated heterocycles. The highest BCUT2D eigenvalue weighted by molar-refractivity contribution is 5.69. The van der Waals surface area contributed by atoms with Crippen LogP contribution in [-0.4, -0.2) is 50.3 Å². The molecule has 0 radical (unpaired) electrons. The molecule has 2 unspecified atom stereocenters. The van der Waals surface area contributed by atoms with Crippen LogP contribution in [0.25, 0.3) is 0 Å². The van der Waals surface area contributed by atoms with Gasteiger partial charge in [0.05, 0.1) is 13.2 Å². The van der Waals surface area contributed by atoms with E-state index in [9.17, 15) is 4.79 Å². The first kappa shape index (κ1) is 28.4. The van der Waals surface area contributed by atoms with Gasteiger partial charge in [-0.3, -0.25) is 4.79 Å². The molecule has 1 aliphatic rings. The first-order valence-corrected chi connectivity index (χ1v) is 13.7. The van der Waals surface area contributed by atoms with Gasteiger partial charge in [-0.1, -0.05) is 97.8 Å². The van der Waals surface area contributed by atoms with Crippen molar-refractivity contribution < 1.29 is 14.3 Å². The van der Waals surface area contributed by atoms with Gasteiger partial charge in [0, 0.05) is 13.0 Å². The van der Waals surface area contributed by atoms with Crippen molar-refractivity contribution >= 4 is 5.97 Å². The van der Waals surface area contributed by atoms with Crippen molar-refractivity contribution in [2.75, 3.05) is 39.5 Å². The number of carbonyl (C=O) groups excluding carboxylic acids is 1. The molecule has 0 spiro atoms. The molecule has 0 heterocycles. The number of hydrogen-bond acceptors (Lipinski definition) is 4. The molecule has 0 bridgehead atoms. The average molecular weight is 440 g/mol. The van der Waals surface area contributed by atoms with Crippen LogP contribution in [-0.2, 0) is 14.3 Å². The number of likely N-dealkylation sites (N-methyl/N-ethyl adjacent to an activating group) is 1. The van der Waals surface area contributed by atoms with Gasteiger partial charge >= 0.3 is 5.97 Å². The molecule has 31 heavy (non-hydrogen) atoms. The smallest absolute Gasteiger partial charge is 0.305 e. The number of carbonyl (C=O) groups is 1. The van der Waals surface area contributed by atoms with Crippen LogP contribution >= 0.6 is 0 Å². The minimum atomic E-state index is -0.0668. The van der Waals surface area contributed by atoms with Crippen molar-refractivity contribution in [1.29, 1.82) is 0 Å². The van der Waals surface area contributed by atoms with Gasteiger partial charge in [-0.25, -0.2) is 0 Å². The van der Waals surface area contributed by atoms with Gasteiger partial charge in [0.2, 0.25) is 0 Å².